The molecule has 0 aliphatic carbocycles. The zero-order valence-corrected chi connectivity index (χ0v) is 17.7. The van der Waals surface area contributed by atoms with E-state index in [1.54, 1.807) is 11.3 Å². The molecule has 0 aromatic carbocycles. The molecule has 0 saturated carbocycles. The van der Waals surface area contributed by atoms with Crippen LogP contribution in [0.3, 0.4) is 0 Å². The van der Waals surface area contributed by atoms with E-state index in [-0.39, 0.29) is 5.41 Å². The number of imidazole rings is 1. The molecule has 0 spiro atoms. The number of ether oxygens (including phenoxy) is 1. The fourth-order valence-electron chi connectivity index (χ4n) is 3.55. The summed E-state index contributed by atoms with van der Waals surface area (Å²) in [6.07, 6.45) is 6.73. The van der Waals surface area contributed by atoms with E-state index in [2.05, 4.69) is 40.7 Å². The maximum atomic E-state index is 6.02. The molecule has 1 fully saturated rings. The third-order valence-corrected chi connectivity index (χ3v) is 6.36. The third kappa shape index (κ3) is 3.64. The van der Waals surface area contributed by atoms with Crippen LogP contribution in [0.4, 0.5) is 5.13 Å². The largest absolute Gasteiger partial charge is 0.476 e. The minimum Gasteiger partial charge on any atom is -0.476 e. The molecule has 1 saturated heterocycles. The predicted octanol–water partition coefficient (Wildman–Crippen LogP) is 3.94. The monoisotopic (exact) mass is 408 g/mol. The second-order valence-electron chi connectivity index (χ2n) is 8.60. The summed E-state index contributed by atoms with van der Waals surface area (Å²) in [6.45, 7) is 9.07. The van der Waals surface area contributed by atoms with Gasteiger partial charge in [-0.15, -0.1) is 5.10 Å². The molecule has 7 nitrogen and oxygen atoms in total. The minimum atomic E-state index is -0.00127. The van der Waals surface area contributed by atoms with Gasteiger partial charge >= 0.3 is 0 Å². The molecule has 8 heteroatoms. The topological polar surface area (TPSA) is 68.4 Å². The third-order valence-electron chi connectivity index (χ3n) is 5.27. The molecule has 0 N–H and O–H groups in total. The van der Waals surface area contributed by atoms with Crippen LogP contribution in [0.25, 0.3) is 15.9 Å². The second-order valence-corrected chi connectivity index (χ2v) is 9.61. The fourth-order valence-corrected chi connectivity index (χ4v) is 4.52. The van der Waals surface area contributed by atoms with Crippen molar-refractivity contribution in [1.29, 1.82) is 0 Å². The molecule has 0 bridgehead atoms. The van der Waals surface area contributed by atoms with Crippen LogP contribution >= 0.6 is 11.3 Å². The molecule has 29 heavy (non-hydrogen) atoms. The normalized spacial score (nSPS) is 17.5. The van der Waals surface area contributed by atoms with Gasteiger partial charge in [0.2, 0.25) is 5.88 Å². The van der Waals surface area contributed by atoms with E-state index >= 15 is 0 Å². The van der Waals surface area contributed by atoms with Gasteiger partial charge in [0.1, 0.15) is 5.52 Å². The fraction of sp³-hybridized carbons (Fsp3) is 0.429. The summed E-state index contributed by atoms with van der Waals surface area (Å²) in [5.41, 5.74) is 2.84. The van der Waals surface area contributed by atoms with Crippen molar-refractivity contribution in [2.45, 2.75) is 32.6 Å². The van der Waals surface area contributed by atoms with Crippen molar-refractivity contribution in [3.63, 3.8) is 0 Å². The van der Waals surface area contributed by atoms with Crippen molar-refractivity contribution < 1.29 is 4.74 Å². The predicted molar refractivity (Wildman–Crippen MR) is 115 cm³/mol. The van der Waals surface area contributed by atoms with Crippen LogP contribution in [-0.4, -0.2) is 44.3 Å². The van der Waals surface area contributed by atoms with E-state index in [1.165, 1.54) is 4.70 Å². The zero-order chi connectivity index (χ0) is 20.0. The number of fused-ring (bicyclic) bond motifs is 2. The van der Waals surface area contributed by atoms with Gasteiger partial charge in [0.05, 0.1) is 29.4 Å². The lowest BCUT2D eigenvalue weighted by molar-refractivity contribution is 0.249. The number of anilines is 1. The minimum absolute atomic E-state index is 0.00127. The highest BCUT2D eigenvalue weighted by atomic mass is 32.1. The Kier molecular flexibility index (Phi) is 4.38. The molecular formula is C21H24N6OS. The lowest BCUT2D eigenvalue weighted by Gasteiger charge is -2.15. The van der Waals surface area contributed by atoms with E-state index in [0.29, 0.717) is 18.4 Å². The number of aromatic nitrogens is 5. The van der Waals surface area contributed by atoms with Gasteiger partial charge in [-0.05, 0) is 18.6 Å². The SMILES string of the molecule is CC(C)(C)c1cn2nc(OCC3CCN(c4nc5cnccc5s4)C3)ccc2n1. The summed E-state index contributed by atoms with van der Waals surface area (Å²) in [6, 6.07) is 5.89. The molecule has 4 aromatic heterocycles. The van der Waals surface area contributed by atoms with Crippen molar-refractivity contribution in [2.24, 2.45) is 5.92 Å². The van der Waals surface area contributed by atoms with Crippen LogP contribution in [0.15, 0.2) is 36.8 Å². The van der Waals surface area contributed by atoms with Gasteiger partial charge in [0.15, 0.2) is 10.8 Å². The maximum Gasteiger partial charge on any atom is 0.231 e. The Bertz CT molecular complexity index is 1130. The number of thiazole rings is 1. The first kappa shape index (κ1) is 18.3. The summed E-state index contributed by atoms with van der Waals surface area (Å²) >= 11 is 1.73. The molecule has 1 unspecified atom stereocenters. The van der Waals surface area contributed by atoms with Crippen molar-refractivity contribution in [1.82, 2.24) is 24.6 Å². The zero-order valence-electron chi connectivity index (χ0n) is 16.9. The summed E-state index contributed by atoms with van der Waals surface area (Å²) in [5, 5.41) is 5.65. The molecule has 0 amide bonds. The van der Waals surface area contributed by atoms with Crippen molar-refractivity contribution >= 4 is 32.3 Å². The second kappa shape index (κ2) is 6.95. The van der Waals surface area contributed by atoms with Crippen molar-refractivity contribution in [2.75, 3.05) is 24.6 Å². The number of nitrogens with zero attached hydrogens (tertiary/aromatic N) is 6. The van der Waals surface area contributed by atoms with Crippen LogP contribution in [0.1, 0.15) is 32.9 Å². The summed E-state index contributed by atoms with van der Waals surface area (Å²) in [7, 11) is 0. The van der Waals surface area contributed by atoms with Gasteiger partial charge in [0, 0.05) is 36.7 Å². The number of hydrogen-bond acceptors (Lipinski definition) is 7. The van der Waals surface area contributed by atoms with Crippen LogP contribution in [-0.2, 0) is 5.41 Å². The average molecular weight is 409 g/mol. The van der Waals surface area contributed by atoms with Crippen molar-refractivity contribution in [3.05, 3.63) is 42.5 Å². The Balaban J connectivity index is 1.23. The van der Waals surface area contributed by atoms with Crippen LogP contribution in [0, 0.1) is 5.92 Å². The van der Waals surface area contributed by atoms with Gasteiger partial charge in [-0.1, -0.05) is 32.1 Å². The Morgan fingerprint density at radius 2 is 2.10 bits per heavy atom. The first-order chi connectivity index (χ1) is 14.0. The summed E-state index contributed by atoms with van der Waals surface area (Å²) in [4.78, 5) is 15.9. The van der Waals surface area contributed by atoms with Gasteiger partial charge < -0.3 is 9.64 Å². The summed E-state index contributed by atoms with van der Waals surface area (Å²) < 4.78 is 9.02. The van der Waals surface area contributed by atoms with Gasteiger partial charge in [-0.2, -0.15) is 0 Å². The molecule has 1 atom stereocenters. The molecule has 1 aliphatic rings. The Hall–Kier alpha value is -2.74. The maximum absolute atomic E-state index is 6.02. The van der Waals surface area contributed by atoms with E-state index in [9.17, 15) is 0 Å². The van der Waals surface area contributed by atoms with Gasteiger partial charge in [0.25, 0.3) is 0 Å². The van der Waals surface area contributed by atoms with Crippen LogP contribution in [0.2, 0.25) is 0 Å². The van der Waals surface area contributed by atoms with E-state index < -0.39 is 0 Å². The molecule has 5 rings (SSSR count). The Morgan fingerprint density at radius 1 is 1.21 bits per heavy atom. The lowest BCUT2D eigenvalue weighted by Crippen LogP contribution is -2.21. The van der Waals surface area contributed by atoms with E-state index in [1.807, 2.05) is 41.3 Å². The first-order valence-corrected chi connectivity index (χ1v) is 10.7. The lowest BCUT2D eigenvalue weighted by atomic mass is 9.93. The number of pyridine rings is 1. The molecule has 0 radical (unpaired) electrons. The Morgan fingerprint density at radius 3 is 2.93 bits per heavy atom. The first-order valence-electron chi connectivity index (χ1n) is 9.91. The highest BCUT2D eigenvalue weighted by molar-refractivity contribution is 7.22. The molecule has 4 aromatic rings. The smallest absolute Gasteiger partial charge is 0.231 e. The highest BCUT2D eigenvalue weighted by Crippen LogP contribution is 2.31. The molecular weight excluding hydrogens is 384 g/mol. The van der Waals surface area contributed by atoms with E-state index in [4.69, 9.17) is 9.72 Å². The summed E-state index contributed by atoms with van der Waals surface area (Å²) in [5.74, 6) is 1.10. The molecule has 1 aliphatic heterocycles. The number of rotatable bonds is 4. The quantitative estimate of drug-likeness (QED) is 0.510. The Labute approximate surface area is 173 Å². The highest BCUT2D eigenvalue weighted by Gasteiger charge is 2.26. The van der Waals surface area contributed by atoms with Gasteiger partial charge in [-0.3, -0.25) is 4.98 Å². The standard InChI is InChI=1S/C21H24N6OS/c1-21(2,3)17-12-27-18(24-17)4-5-19(25-27)28-13-14-7-9-26(11-14)20-23-15-10-22-8-6-16(15)29-20/h4-6,8,10,12,14H,7,9,11,13H2,1-3H3. The molecule has 5 heterocycles. The van der Waals surface area contributed by atoms with Crippen LogP contribution in [0.5, 0.6) is 5.88 Å². The van der Waals surface area contributed by atoms with Crippen LogP contribution < -0.4 is 9.64 Å². The van der Waals surface area contributed by atoms with Crippen molar-refractivity contribution in [3.8, 4) is 5.88 Å². The molecule has 150 valence electrons. The van der Waals surface area contributed by atoms with E-state index in [0.717, 1.165) is 41.5 Å². The van der Waals surface area contributed by atoms with Gasteiger partial charge in [-0.25, -0.2) is 14.5 Å². The number of hydrogen-bond donors (Lipinski definition) is 0. The average Bonchev–Trinajstić information content (AvgIpc) is 3.41.